The number of carbonyl (C=O) groups excluding carboxylic acids is 1. The van der Waals surface area contributed by atoms with Gasteiger partial charge in [0, 0.05) is 0 Å². The largest absolute Gasteiger partial charge is 0.298 e. The Morgan fingerprint density at radius 1 is 1.38 bits per heavy atom. The van der Waals surface area contributed by atoms with Crippen LogP contribution in [0.25, 0.3) is 0 Å². The van der Waals surface area contributed by atoms with Crippen LogP contribution < -0.4 is 0 Å². The average Bonchev–Trinajstić information content (AvgIpc) is 2.08. The molecule has 1 aromatic rings. The van der Waals surface area contributed by atoms with Crippen LogP contribution in [-0.2, 0) is 4.79 Å². The quantitative estimate of drug-likeness (QED) is 0.726. The molecule has 0 fully saturated rings. The summed E-state index contributed by atoms with van der Waals surface area (Å²) in [7, 11) is 0. The molecular weight excluding hydrogens is 228 g/mol. The highest BCUT2D eigenvalue weighted by Gasteiger charge is 2.14. The Hall–Kier alpha value is -0.630. The lowest BCUT2D eigenvalue weighted by molar-refractivity contribution is -0.116. The maximum Gasteiger partial charge on any atom is 0.147 e. The molecule has 70 valence electrons. The Bertz CT molecular complexity index is 331. The van der Waals surface area contributed by atoms with E-state index in [0.717, 1.165) is 5.56 Å². The first-order chi connectivity index (χ1) is 6.04. The smallest absolute Gasteiger partial charge is 0.147 e. The zero-order valence-electron chi connectivity index (χ0n) is 8.10. The Morgan fingerprint density at radius 2 is 2.00 bits per heavy atom. The summed E-state index contributed by atoms with van der Waals surface area (Å²) in [5.41, 5.74) is 3.50. The Morgan fingerprint density at radius 3 is 2.54 bits per heavy atom. The van der Waals surface area contributed by atoms with Gasteiger partial charge >= 0.3 is 0 Å². The molecule has 0 heterocycles. The van der Waals surface area contributed by atoms with Gasteiger partial charge in [0.25, 0.3) is 0 Å². The molecule has 0 aliphatic rings. The lowest BCUT2D eigenvalue weighted by atomic mass is 10.00. The van der Waals surface area contributed by atoms with Gasteiger partial charge in [-0.05, 0) is 37.5 Å². The van der Waals surface area contributed by atoms with Crippen LogP contribution in [0.3, 0.4) is 0 Å². The highest BCUT2D eigenvalue weighted by atomic mass is 79.9. The van der Waals surface area contributed by atoms with Crippen LogP contribution in [0.15, 0.2) is 18.2 Å². The van der Waals surface area contributed by atoms with E-state index in [4.69, 9.17) is 0 Å². The monoisotopic (exact) mass is 240 g/mol. The number of carbonyl (C=O) groups is 1. The fraction of sp³-hybridized carbons (Fsp3) is 0.364. The van der Waals surface area contributed by atoms with Gasteiger partial charge in [-0.25, -0.2) is 0 Å². The predicted octanol–water partition coefficient (Wildman–Crippen LogP) is 3.33. The number of aryl methyl sites for hydroxylation is 1. The minimum absolute atomic E-state index is 0.147. The lowest BCUT2D eigenvalue weighted by Crippen LogP contribution is -2.03. The van der Waals surface area contributed by atoms with Gasteiger partial charge in [0.05, 0.1) is 4.83 Å². The summed E-state index contributed by atoms with van der Waals surface area (Å²) in [4.78, 5) is 11.0. The van der Waals surface area contributed by atoms with Crippen LogP contribution in [0.1, 0.15) is 28.4 Å². The fourth-order valence-corrected chi connectivity index (χ4v) is 1.76. The third-order valence-corrected chi connectivity index (χ3v) is 3.41. The number of halogens is 1. The number of alkyl halides is 1. The normalized spacial score (nSPS) is 12.6. The minimum Gasteiger partial charge on any atom is -0.298 e. The molecule has 0 bridgehead atoms. The number of Topliss-reactive ketones (excluding diaryl/α,β-unsaturated/α-hetero) is 1. The van der Waals surface area contributed by atoms with Crippen molar-refractivity contribution in [2.45, 2.75) is 25.6 Å². The highest BCUT2D eigenvalue weighted by molar-refractivity contribution is 9.09. The molecule has 1 aromatic carbocycles. The van der Waals surface area contributed by atoms with Gasteiger partial charge in [0.15, 0.2) is 0 Å². The molecule has 0 saturated carbocycles. The van der Waals surface area contributed by atoms with Crippen molar-refractivity contribution in [3.05, 3.63) is 34.9 Å². The second-order valence-electron chi connectivity index (χ2n) is 3.26. The molecule has 1 nitrogen and oxygen atoms in total. The van der Waals surface area contributed by atoms with E-state index in [1.807, 2.05) is 19.1 Å². The van der Waals surface area contributed by atoms with Crippen molar-refractivity contribution < 1.29 is 4.79 Å². The molecule has 13 heavy (non-hydrogen) atoms. The molecule has 0 aliphatic heterocycles. The van der Waals surface area contributed by atoms with Crippen molar-refractivity contribution in [2.75, 3.05) is 0 Å². The van der Waals surface area contributed by atoms with E-state index < -0.39 is 0 Å². The number of ketones is 1. The van der Waals surface area contributed by atoms with Gasteiger partial charge in [-0.15, -0.1) is 0 Å². The lowest BCUT2D eigenvalue weighted by Gasteiger charge is -2.11. The van der Waals surface area contributed by atoms with Gasteiger partial charge in [0.1, 0.15) is 5.78 Å². The molecule has 1 unspecified atom stereocenters. The fourth-order valence-electron chi connectivity index (χ4n) is 1.27. The summed E-state index contributed by atoms with van der Waals surface area (Å²) in [6, 6.07) is 6.02. The van der Waals surface area contributed by atoms with Gasteiger partial charge in [0.2, 0.25) is 0 Å². The molecule has 2 heteroatoms. The van der Waals surface area contributed by atoms with Gasteiger partial charge in [-0.1, -0.05) is 34.1 Å². The summed E-state index contributed by atoms with van der Waals surface area (Å²) in [6.45, 7) is 5.70. The Labute approximate surface area is 87.3 Å². The maximum atomic E-state index is 11.2. The molecule has 1 atom stereocenters. The van der Waals surface area contributed by atoms with Crippen molar-refractivity contribution in [3.63, 3.8) is 0 Å². The molecule has 0 amide bonds. The molecular formula is C11H13BrO. The topological polar surface area (TPSA) is 17.1 Å². The molecule has 0 spiro atoms. The summed E-state index contributed by atoms with van der Waals surface area (Å²) in [6.07, 6.45) is 0. The predicted molar refractivity (Wildman–Crippen MR) is 58.3 cm³/mol. The first-order valence-corrected chi connectivity index (χ1v) is 5.16. The van der Waals surface area contributed by atoms with Crippen LogP contribution in [0.4, 0.5) is 0 Å². The summed E-state index contributed by atoms with van der Waals surface area (Å²) in [5.74, 6) is 0.147. The second kappa shape index (κ2) is 4.05. The standard InChI is InChI=1S/C11H13BrO/c1-7-5-4-6-10(8(7)2)11(12)9(3)13/h4-6,11H,1-3H3. The molecule has 0 saturated heterocycles. The van der Waals surface area contributed by atoms with Crippen LogP contribution in [0.2, 0.25) is 0 Å². The van der Waals surface area contributed by atoms with Gasteiger partial charge < -0.3 is 0 Å². The van der Waals surface area contributed by atoms with Crippen molar-refractivity contribution in [1.29, 1.82) is 0 Å². The van der Waals surface area contributed by atoms with E-state index in [9.17, 15) is 4.79 Å². The van der Waals surface area contributed by atoms with Crippen LogP contribution in [0, 0.1) is 13.8 Å². The molecule has 0 aromatic heterocycles. The molecule has 0 radical (unpaired) electrons. The highest BCUT2D eigenvalue weighted by Crippen LogP contribution is 2.27. The molecule has 1 rings (SSSR count). The number of hydrogen-bond donors (Lipinski definition) is 0. The van der Waals surface area contributed by atoms with Crippen LogP contribution >= 0.6 is 15.9 Å². The van der Waals surface area contributed by atoms with E-state index in [-0.39, 0.29) is 10.6 Å². The molecule has 0 aliphatic carbocycles. The first-order valence-electron chi connectivity index (χ1n) is 4.24. The molecule has 0 N–H and O–H groups in total. The number of hydrogen-bond acceptors (Lipinski definition) is 1. The minimum atomic E-state index is -0.160. The van der Waals surface area contributed by atoms with Gasteiger partial charge in [-0.3, -0.25) is 4.79 Å². The van der Waals surface area contributed by atoms with Crippen molar-refractivity contribution >= 4 is 21.7 Å². The average molecular weight is 241 g/mol. The third kappa shape index (κ3) is 2.19. The van der Waals surface area contributed by atoms with E-state index in [2.05, 4.69) is 28.9 Å². The van der Waals surface area contributed by atoms with Crippen molar-refractivity contribution in [2.24, 2.45) is 0 Å². The zero-order chi connectivity index (χ0) is 10.0. The summed E-state index contributed by atoms with van der Waals surface area (Å²) in [5, 5.41) is 0. The van der Waals surface area contributed by atoms with Crippen LogP contribution in [0.5, 0.6) is 0 Å². The summed E-state index contributed by atoms with van der Waals surface area (Å²) < 4.78 is 0. The third-order valence-electron chi connectivity index (χ3n) is 2.28. The van der Waals surface area contributed by atoms with E-state index in [1.165, 1.54) is 11.1 Å². The maximum absolute atomic E-state index is 11.2. The van der Waals surface area contributed by atoms with E-state index in [0.29, 0.717) is 0 Å². The first kappa shape index (κ1) is 10.5. The van der Waals surface area contributed by atoms with E-state index in [1.54, 1.807) is 6.92 Å². The SMILES string of the molecule is CC(=O)C(Br)c1cccc(C)c1C. The van der Waals surface area contributed by atoms with Gasteiger partial charge in [-0.2, -0.15) is 0 Å². The summed E-state index contributed by atoms with van der Waals surface area (Å²) >= 11 is 3.39. The second-order valence-corrected chi connectivity index (χ2v) is 4.18. The number of benzene rings is 1. The zero-order valence-corrected chi connectivity index (χ0v) is 9.68. The Balaban J connectivity index is 3.15. The van der Waals surface area contributed by atoms with Crippen molar-refractivity contribution in [3.8, 4) is 0 Å². The Kier molecular flexibility index (Phi) is 3.26. The number of rotatable bonds is 2. The van der Waals surface area contributed by atoms with Crippen molar-refractivity contribution in [1.82, 2.24) is 0 Å². The van der Waals surface area contributed by atoms with Crippen LogP contribution in [-0.4, -0.2) is 5.78 Å². The van der Waals surface area contributed by atoms with E-state index >= 15 is 0 Å².